The highest BCUT2D eigenvalue weighted by Crippen LogP contribution is 2.24. The smallest absolute Gasteiger partial charge is 0.260 e. The fourth-order valence-corrected chi connectivity index (χ4v) is 2.10. The SMILES string of the molecule is CCN(CCOc1ccccc1F)C(=O)COc1ccccc1O. The van der Waals surface area contributed by atoms with Crippen LogP contribution in [0.2, 0.25) is 0 Å². The molecule has 2 rings (SSSR count). The molecule has 0 aliphatic heterocycles. The Labute approximate surface area is 140 Å². The van der Waals surface area contributed by atoms with Crippen molar-refractivity contribution in [3.05, 3.63) is 54.3 Å². The van der Waals surface area contributed by atoms with Gasteiger partial charge in [-0.05, 0) is 31.2 Å². The van der Waals surface area contributed by atoms with Crippen LogP contribution in [0.3, 0.4) is 0 Å². The first kappa shape index (κ1) is 17.6. The lowest BCUT2D eigenvalue weighted by Crippen LogP contribution is -2.37. The van der Waals surface area contributed by atoms with Crippen LogP contribution in [-0.4, -0.2) is 42.2 Å². The molecule has 128 valence electrons. The number of ether oxygens (including phenoxy) is 2. The molecule has 0 fully saturated rings. The lowest BCUT2D eigenvalue weighted by atomic mass is 10.3. The van der Waals surface area contributed by atoms with E-state index in [2.05, 4.69) is 0 Å². The molecule has 0 unspecified atom stereocenters. The monoisotopic (exact) mass is 333 g/mol. The van der Waals surface area contributed by atoms with Crippen LogP contribution in [0.15, 0.2) is 48.5 Å². The molecule has 0 heterocycles. The van der Waals surface area contributed by atoms with Crippen LogP contribution in [0.4, 0.5) is 4.39 Å². The minimum atomic E-state index is -0.435. The van der Waals surface area contributed by atoms with Crippen molar-refractivity contribution in [1.82, 2.24) is 4.90 Å². The number of halogens is 1. The third-order valence-electron chi connectivity index (χ3n) is 3.41. The fourth-order valence-electron chi connectivity index (χ4n) is 2.10. The van der Waals surface area contributed by atoms with Crippen LogP contribution < -0.4 is 9.47 Å². The number of likely N-dealkylation sites (N-methyl/N-ethyl adjacent to an activating group) is 1. The number of rotatable bonds is 8. The third kappa shape index (κ3) is 4.87. The highest BCUT2D eigenvalue weighted by molar-refractivity contribution is 5.77. The normalized spacial score (nSPS) is 10.2. The first-order valence-electron chi connectivity index (χ1n) is 7.67. The number of nitrogens with zero attached hydrogens (tertiary/aromatic N) is 1. The number of phenolic OH excluding ortho intramolecular Hbond substituents is 1. The Bertz CT molecular complexity index is 678. The number of hydrogen-bond acceptors (Lipinski definition) is 4. The maximum Gasteiger partial charge on any atom is 0.260 e. The second-order valence-corrected chi connectivity index (χ2v) is 5.01. The number of amides is 1. The van der Waals surface area contributed by atoms with Gasteiger partial charge < -0.3 is 19.5 Å². The van der Waals surface area contributed by atoms with Crippen LogP contribution in [0.25, 0.3) is 0 Å². The predicted molar refractivity (Wildman–Crippen MR) is 87.8 cm³/mol. The highest BCUT2D eigenvalue weighted by atomic mass is 19.1. The predicted octanol–water partition coefficient (Wildman–Crippen LogP) is 2.84. The fraction of sp³-hybridized carbons (Fsp3) is 0.278. The summed E-state index contributed by atoms with van der Waals surface area (Å²) in [5.74, 6) is -0.278. The van der Waals surface area contributed by atoms with Crippen molar-refractivity contribution < 1.29 is 23.8 Å². The van der Waals surface area contributed by atoms with E-state index < -0.39 is 5.82 Å². The summed E-state index contributed by atoms with van der Waals surface area (Å²) in [5, 5.41) is 9.61. The molecular weight excluding hydrogens is 313 g/mol. The highest BCUT2D eigenvalue weighted by Gasteiger charge is 2.14. The maximum atomic E-state index is 13.5. The molecule has 0 aliphatic rings. The van der Waals surface area contributed by atoms with Crippen LogP contribution in [-0.2, 0) is 4.79 Å². The second kappa shape index (κ2) is 8.76. The summed E-state index contributed by atoms with van der Waals surface area (Å²) >= 11 is 0. The number of aromatic hydroxyl groups is 1. The van der Waals surface area contributed by atoms with Gasteiger partial charge in [-0.2, -0.15) is 0 Å². The van der Waals surface area contributed by atoms with Gasteiger partial charge in [0.05, 0.1) is 6.54 Å². The molecule has 0 aromatic heterocycles. The Morgan fingerprint density at radius 2 is 1.75 bits per heavy atom. The zero-order valence-corrected chi connectivity index (χ0v) is 13.4. The van der Waals surface area contributed by atoms with Gasteiger partial charge in [-0.15, -0.1) is 0 Å². The summed E-state index contributed by atoms with van der Waals surface area (Å²) in [6.07, 6.45) is 0. The summed E-state index contributed by atoms with van der Waals surface area (Å²) in [6, 6.07) is 12.6. The number of phenols is 1. The Morgan fingerprint density at radius 3 is 2.42 bits per heavy atom. The van der Waals surface area contributed by atoms with Crippen molar-refractivity contribution in [3.63, 3.8) is 0 Å². The molecule has 0 saturated heterocycles. The molecule has 6 heteroatoms. The molecule has 0 radical (unpaired) electrons. The average molecular weight is 333 g/mol. The second-order valence-electron chi connectivity index (χ2n) is 5.01. The van der Waals surface area contributed by atoms with Crippen molar-refractivity contribution in [3.8, 4) is 17.2 Å². The lowest BCUT2D eigenvalue weighted by Gasteiger charge is -2.21. The van der Waals surface area contributed by atoms with Gasteiger partial charge in [0.15, 0.2) is 29.7 Å². The van der Waals surface area contributed by atoms with E-state index in [1.54, 1.807) is 35.2 Å². The molecule has 1 N–H and O–H groups in total. The van der Waals surface area contributed by atoms with E-state index in [9.17, 15) is 14.3 Å². The molecule has 0 aliphatic carbocycles. The summed E-state index contributed by atoms with van der Waals surface area (Å²) in [5.41, 5.74) is 0. The lowest BCUT2D eigenvalue weighted by molar-refractivity contribution is -0.133. The number of benzene rings is 2. The molecule has 2 aromatic carbocycles. The molecule has 0 saturated carbocycles. The zero-order chi connectivity index (χ0) is 17.4. The van der Waals surface area contributed by atoms with Gasteiger partial charge >= 0.3 is 0 Å². The molecule has 0 bridgehead atoms. The van der Waals surface area contributed by atoms with E-state index in [1.165, 1.54) is 18.2 Å². The van der Waals surface area contributed by atoms with Gasteiger partial charge in [0, 0.05) is 6.54 Å². The van der Waals surface area contributed by atoms with Crippen LogP contribution >= 0.6 is 0 Å². The quantitative estimate of drug-likeness (QED) is 0.807. The minimum Gasteiger partial charge on any atom is -0.504 e. The zero-order valence-electron chi connectivity index (χ0n) is 13.4. The van der Waals surface area contributed by atoms with Crippen molar-refractivity contribution in [2.45, 2.75) is 6.92 Å². The molecule has 1 amide bonds. The largest absolute Gasteiger partial charge is 0.504 e. The van der Waals surface area contributed by atoms with E-state index in [0.29, 0.717) is 13.1 Å². The molecule has 24 heavy (non-hydrogen) atoms. The molecule has 0 atom stereocenters. The summed E-state index contributed by atoms with van der Waals surface area (Å²) < 4.78 is 24.1. The molecule has 0 spiro atoms. The van der Waals surface area contributed by atoms with Gasteiger partial charge in [0.1, 0.15) is 6.61 Å². The number of carbonyl (C=O) groups excluding carboxylic acids is 1. The third-order valence-corrected chi connectivity index (χ3v) is 3.41. The Balaban J connectivity index is 1.81. The summed E-state index contributed by atoms with van der Waals surface area (Å²) in [6.45, 7) is 2.61. The molecule has 2 aromatic rings. The standard InChI is InChI=1S/C18H20FNO4/c1-2-20(11-12-23-16-9-5-3-7-14(16)19)18(22)13-24-17-10-6-4-8-15(17)21/h3-10,21H,2,11-13H2,1H3. The summed E-state index contributed by atoms with van der Waals surface area (Å²) in [4.78, 5) is 13.7. The van der Waals surface area contributed by atoms with Crippen molar-refractivity contribution in [1.29, 1.82) is 0 Å². The first-order valence-corrected chi connectivity index (χ1v) is 7.67. The van der Waals surface area contributed by atoms with E-state index in [0.717, 1.165) is 0 Å². The van der Waals surface area contributed by atoms with Gasteiger partial charge in [0.25, 0.3) is 5.91 Å². The van der Waals surface area contributed by atoms with Crippen molar-refractivity contribution in [2.75, 3.05) is 26.3 Å². The Morgan fingerprint density at radius 1 is 1.08 bits per heavy atom. The van der Waals surface area contributed by atoms with Crippen LogP contribution in [0.1, 0.15) is 6.92 Å². The van der Waals surface area contributed by atoms with Gasteiger partial charge in [0.2, 0.25) is 0 Å². The van der Waals surface area contributed by atoms with Gasteiger partial charge in [-0.25, -0.2) is 4.39 Å². The van der Waals surface area contributed by atoms with E-state index >= 15 is 0 Å². The van der Waals surface area contributed by atoms with Crippen LogP contribution in [0.5, 0.6) is 17.2 Å². The van der Waals surface area contributed by atoms with E-state index in [1.807, 2.05) is 6.92 Å². The Kier molecular flexibility index (Phi) is 6.42. The van der Waals surface area contributed by atoms with Crippen molar-refractivity contribution in [2.24, 2.45) is 0 Å². The van der Waals surface area contributed by atoms with E-state index in [-0.39, 0.29) is 36.4 Å². The van der Waals surface area contributed by atoms with Crippen LogP contribution in [0, 0.1) is 5.82 Å². The van der Waals surface area contributed by atoms with E-state index in [4.69, 9.17) is 9.47 Å². The summed E-state index contributed by atoms with van der Waals surface area (Å²) in [7, 11) is 0. The first-order chi connectivity index (χ1) is 11.6. The van der Waals surface area contributed by atoms with Gasteiger partial charge in [-0.1, -0.05) is 24.3 Å². The number of hydrogen-bond donors (Lipinski definition) is 1. The topological polar surface area (TPSA) is 59.0 Å². The van der Waals surface area contributed by atoms with Gasteiger partial charge in [-0.3, -0.25) is 4.79 Å². The van der Waals surface area contributed by atoms with Crippen molar-refractivity contribution >= 4 is 5.91 Å². The molecular formula is C18H20FNO4. The minimum absolute atomic E-state index is 0.0174. The number of para-hydroxylation sites is 3. The Hall–Kier alpha value is -2.76. The number of carbonyl (C=O) groups is 1. The maximum absolute atomic E-state index is 13.5. The average Bonchev–Trinajstić information content (AvgIpc) is 2.59. The molecule has 5 nitrogen and oxygen atoms in total.